The Morgan fingerprint density at radius 1 is 0.769 bits per heavy atom. The first kappa shape index (κ1) is 13.3. The van der Waals surface area contributed by atoms with Crippen LogP contribution in [0.15, 0.2) is 0 Å². The summed E-state index contributed by atoms with van der Waals surface area (Å²) in [4.78, 5) is 0. The molecule has 0 bridgehead atoms. The largest absolute Gasteiger partial charge is 0.396 e. The summed E-state index contributed by atoms with van der Waals surface area (Å²) in [6, 6.07) is 0. The van der Waals surface area contributed by atoms with Crippen molar-refractivity contribution in [1.29, 1.82) is 0 Å². The Hall–Kier alpha value is 0.260. The van der Waals surface area contributed by atoms with E-state index in [1.807, 2.05) is 0 Å². The Labute approximate surface area is 85.3 Å². The summed E-state index contributed by atoms with van der Waals surface area (Å²) in [5.41, 5.74) is 0. The van der Waals surface area contributed by atoms with Gasteiger partial charge < -0.3 is 0 Å². The molecule has 0 amide bonds. The first-order valence-corrected chi connectivity index (χ1v) is 5.41. The van der Waals surface area contributed by atoms with E-state index in [1.165, 1.54) is 0 Å². The summed E-state index contributed by atoms with van der Waals surface area (Å²) in [6.45, 7) is 0. The van der Waals surface area contributed by atoms with Crippen LogP contribution >= 0.6 is 0 Å². The van der Waals surface area contributed by atoms with Gasteiger partial charge in [0.25, 0.3) is 0 Å². The molecule has 4 nitrogen and oxygen atoms in total. The smallest absolute Gasteiger partial charge is 0.268 e. The predicted octanol–water partition coefficient (Wildman–Crippen LogP) is -6.71. The highest BCUT2D eigenvalue weighted by Crippen LogP contribution is 2.08. The molecule has 0 aromatic heterocycles. The van der Waals surface area contributed by atoms with Gasteiger partial charge in [-0.05, 0) is 10.6 Å². The van der Waals surface area contributed by atoms with Crippen molar-refractivity contribution in [2.45, 2.75) is 10.6 Å². The van der Waals surface area contributed by atoms with Crippen molar-refractivity contribution < 1.29 is 16.8 Å². The molecule has 0 heterocycles. The van der Waals surface area contributed by atoms with Crippen molar-refractivity contribution >= 4 is 57.5 Å². The van der Waals surface area contributed by atoms with Crippen molar-refractivity contribution in [3.63, 3.8) is 0 Å². The molecular weight excluding hydrogens is 185 g/mol. The van der Waals surface area contributed by atoms with E-state index < -0.39 is 21.0 Å². The molecule has 0 saturated carbocycles. The molecule has 0 aromatic carbocycles. The highest BCUT2D eigenvalue weighted by molar-refractivity contribution is 7.82. The average molecular weight is 197 g/mol. The third-order valence-corrected chi connectivity index (χ3v) is 2.11. The first-order chi connectivity index (χ1) is 5.41. The van der Waals surface area contributed by atoms with Crippen LogP contribution in [0.2, 0.25) is 0 Å². The maximum absolute atomic E-state index is 11.2. The van der Waals surface area contributed by atoms with E-state index in [4.69, 9.17) is 8.37 Å². The fourth-order valence-electron chi connectivity index (χ4n) is 0.629. The summed E-state index contributed by atoms with van der Waals surface area (Å²) < 4.78 is 31.9. The number of hydrogen-bond acceptors (Lipinski definition) is 4. The van der Waals surface area contributed by atoms with Crippen LogP contribution in [-0.4, -0.2) is 66.1 Å². The van der Waals surface area contributed by atoms with Gasteiger partial charge in [0.2, 0.25) is 0 Å². The van der Waals surface area contributed by atoms with E-state index in [0.717, 1.165) is 0 Å². The summed E-state index contributed by atoms with van der Waals surface area (Å²) in [5, 5.41) is -1.52. The predicted molar refractivity (Wildman–Crippen MR) is 67.8 cm³/mol. The minimum absolute atomic E-state index is 0.760. The molecule has 0 aliphatic rings. The standard InChI is InChI=1S/C2H12B6O4S/c3-1(4,5)11-13(9,10)12-2(6,7)8/h3-8H2. The van der Waals surface area contributed by atoms with Crippen molar-refractivity contribution in [3.8, 4) is 0 Å². The van der Waals surface area contributed by atoms with Gasteiger partial charge in [-0.25, -0.2) is 0 Å². The van der Waals surface area contributed by atoms with E-state index >= 15 is 0 Å². The highest BCUT2D eigenvalue weighted by atomic mass is 32.3. The fourth-order valence-corrected chi connectivity index (χ4v) is 1.89. The Bertz CT molecular complexity index is 237. The van der Waals surface area contributed by atoms with Gasteiger partial charge >= 0.3 is 10.4 Å². The van der Waals surface area contributed by atoms with E-state index in [0.29, 0.717) is 0 Å². The lowest BCUT2D eigenvalue weighted by Gasteiger charge is -2.23. The zero-order valence-corrected chi connectivity index (χ0v) is 9.86. The Morgan fingerprint density at radius 3 is 1.15 bits per heavy atom. The van der Waals surface area contributed by atoms with E-state index in [-0.39, 0.29) is 0 Å². The van der Waals surface area contributed by atoms with Crippen molar-refractivity contribution in [2.24, 2.45) is 0 Å². The Balaban J connectivity index is 4.46. The van der Waals surface area contributed by atoms with Gasteiger partial charge in [0, 0.05) is 0 Å². The molecule has 0 rings (SSSR count). The minimum atomic E-state index is -3.90. The summed E-state index contributed by atoms with van der Waals surface area (Å²) >= 11 is 0. The quantitative estimate of drug-likeness (QED) is 0.420. The maximum atomic E-state index is 11.2. The van der Waals surface area contributed by atoms with Crippen LogP contribution in [0.25, 0.3) is 0 Å². The van der Waals surface area contributed by atoms with Crippen LogP contribution in [0.3, 0.4) is 0 Å². The SMILES string of the molecule is BC(B)(B)OS(=O)(=O)OC(B)(B)B. The van der Waals surface area contributed by atoms with Gasteiger partial charge in [-0.15, -0.1) is 0 Å². The van der Waals surface area contributed by atoms with Crippen LogP contribution in [0, 0.1) is 0 Å². The summed E-state index contributed by atoms with van der Waals surface area (Å²) in [5.74, 6) is 0. The van der Waals surface area contributed by atoms with Crippen LogP contribution in [-0.2, 0) is 18.8 Å². The zero-order chi connectivity index (χ0) is 10.9. The molecule has 68 valence electrons. The van der Waals surface area contributed by atoms with E-state index in [9.17, 15) is 8.42 Å². The van der Waals surface area contributed by atoms with E-state index in [2.05, 4.69) is 0 Å². The molecule has 0 aromatic rings. The molecule has 0 unspecified atom stereocenters. The molecule has 0 atom stereocenters. The van der Waals surface area contributed by atoms with Crippen molar-refractivity contribution in [3.05, 3.63) is 0 Å². The molecule has 11 heteroatoms. The number of hydrogen-bond donors (Lipinski definition) is 0. The first-order valence-electron chi connectivity index (χ1n) is 4.07. The lowest BCUT2D eigenvalue weighted by molar-refractivity contribution is 0.211. The monoisotopic (exact) mass is 198 g/mol. The third kappa shape index (κ3) is 8.59. The van der Waals surface area contributed by atoms with Crippen molar-refractivity contribution in [1.82, 2.24) is 0 Å². The van der Waals surface area contributed by atoms with Gasteiger partial charge in [0.1, 0.15) is 47.1 Å². The van der Waals surface area contributed by atoms with Crippen LogP contribution in [0.1, 0.15) is 0 Å². The molecular formula is C2H12B6O4S. The Kier molecular flexibility index (Phi) is 3.86. The highest BCUT2D eigenvalue weighted by Gasteiger charge is 2.27. The molecule has 0 fully saturated rings. The summed E-state index contributed by atoms with van der Waals surface area (Å²) in [7, 11) is 6.00. The van der Waals surface area contributed by atoms with E-state index in [1.54, 1.807) is 47.1 Å². The second kappa shape index (κ2) is 3.79. The number of rotatable bonds is 4. The van der Waals surface area contributed by atoms with Crippen molar-refractivity contribution in [2.75, 3.05) is 0 Å². The molecule has 0 aliphatic heterocycles. The van der Waals surface area contributed by atoms with Crippen LogP contribution in [0.5, 0.6) is 0 Å². The normalized spacial score (nSPS) is 14.2. The zero-order valence-electron chi connectivity index (χ0n) is 9.04. The molecule has 0 saturated heterocycles. The maximum Gasteiger partial charge on any atom is 0.396 e. The average Bonchev–Trinajstić information content (AvgIpc) is 1.43. The molecule has 0 radical (unpaired) electrons. The second-order valence-corrected chi connectivity index (χ2v) is 5.95. The lowest BCUT2D eigenvalue weighted by atomic mass is 9.53. The molecule has 0 N–H and O–H groups in total. The Morgan fingerprint density at radius 2 is 1.00 bits per heavy atom. The van der Waals surface area contributed by atoms with Gasteiger partial charge in [-0.2, -0.15) is 8.42 Å². The second-order valence-electron chi connectivity index (χ2n) is 4.80. The van der Waals surface area contributed by atoms with Crippen LogP contribution < -0.4 is 0 Å². The summed E-state index contributed by atoms with van der Waals surface area (Å²) in [6.07, 6.45) is 0. The van der Waals surface area contributed by atoms with Gasteiger partial charge in [0.15, 0.2) is 0 Å². The third-order valence-electron chi connectivity index (χ3n) is 0.704. The van der Waals surface area contributed by atoms with Gasteiger partial charge in [0.05, 0.1) is 0 Å². The van der Waals surface area contributed by atoms with Gasteiger partial charge in [-0.3, -0.25) is 8.37 Å². The lowest BCUT2D eigenvalue weighted by Crippen LogP contribution is -2.42. The van der Waals surface area contributed by atoms with Gasteiger partial charge in [-0.1, -0.05) is 0 Å². The minimum Gasteiger partial charge on any atom is -0.268 e. The molecule has 13 heavy (non-hydrogen) atoms. The fraction of sp³-hybridized carbons (Fsp3) is 1.00. The van der Waals surface area contributed by atoms with Crippen LogP contribution in [0.4, 0.5) is 0 Å². The molecule has 0 aliphatic carbocycles. The topological polar surface area (TPSA) is 52.6 Å². The molecule has 0 spiro atoms.